The fourth-order valence-electron chi connectivity index (χ4n) is 1.61. The zero-order valence-electron chi connectivity index (χ0n) is 11.4. The average Bonchev–Trinajstić information content (AvgIpc) is 2.41. The Bertz CT molecular complexity index is 605. The number of ether oxygens (including phenoxy) is 2. The first-order valence-electron chi connectivity index (χ1n) is 6.24. The van der Waals surface area contributed by atoms with Crippen LogP contribution >= 0.6 is 0 Å². The first-order valence-corrected chi connectivity index (χ1v) is 6.24. The summed E-state index contributed by atoms with van der Waals surface area (Å²) >= 11 is 0. The van der Waals surface area contributed by atoms with Crippen molar-refractivity contribution in [3.8, 4) is 11.6 Å². The maximum Gasteiger partial charge on any atom is 0.224 e. The maximum atomic E-state index is 13.9. The Labute approximate surface area is 116 Å². The lowest BCUT2D eigenvalue weighted by Gasteiger charge is -2.09. The number of nitrogens with two attached hydrogens (primary N) is 1. The van der Waals surface area contributed by atoms with Gasteiger partial charge in [-0.2, -0.15) is 4.98 Å². The highest BCUT2D eigenvalue weighted by Crippen LogP contribution is 2.25. The van der Waals surface area contributed by atoms with E-state index in [1.165, 1.54) is 12.1 Å². The van der Waals surface area contributed by atoms with E-state index in [0.29, 0.717) is 18.0 Å². The first kappa shape index (κ1) is 14.2. The third-order valence-electron chi connectivity index (χ3n) is 2.57. The van der Waals surface area contributed by atoms with Crippen LogP contribution in [0.4, 0.5) is 10.2 Å². The van der Waals surface area contributed by atoms with Gasteiger partial charge < -0.3 is 15.2 Å². The quantitative estimate of drug-likeness (QED) is 0.910. The molecule has 0 spiro atoms. The molecule has 0 unspecified atom stereocenters. The molecule has 2 aromatic rings. The smallest absolute Gasteiger partial charge is 0.224 e. The minimum Gasteiger partial charge on any atom is -0.436 e. The number of benzene rings is 1. The van der Waals surface area contributed by atoms with Gasteiger partial charge in [-0.1, -0.05) is 12.1 Å². The lowest BCUT2D eigenvalue weighted by molar-refractivity contribution is 0.128. The summed E-state index contributed by atoms with van der Waals surface area (Å²) in [5, 5.41) is 0. The summed E-state index contributed by atoms with van der Waals surface area (Å²) in [6, 6.07) is 6.34. The van der Waals surface area contributed by atoms with E-state index in [9.17, 15) is 4.39 Å². The van der Waals surface area contributed by atoms with Crippen LogP contribution in [0.15, 0.2) is 24.3 Å². The Morgan fingerprint density at radius 2 is 2.10 bits per heavy atom. The van der Waals surface area contributed by atoms with Gasteiger partial charge in [-0.3, -0.25) is 0 Å². The predicted octanol–water partition coefficient (Wildman–Crippen LogP) is 2.84. The molecule has 0 amide bonds. The summed E-state index contributed by atoms with van der Waals surface area (Å²) in [7, 11) is 0. The summed E-state index contributed by atoms with van der Waals surface area (Å²) in [4.78, 5) is 8.15. The van der Waals surface area contributed by atoms with Gasteiger partial charge in [0.1, 0.15) is 12.4 Å². The van der Waals surface area contributed by atoms with Crippen LogP contribution in [0, 0.1) is 12.7 Å². The third kappa shape index (κ3) is 3.42. The maximum absolute atomic E-state index is 13.9. The van der Waals surface area contributed by atoms with Crippen molar-refractivity contribution in [2.24, 2.45) is 0 Å². The normalized spacial score (nSPS) is 10.6. The first-order chi connectivity index (χ1) is 9.60. The minimum absolute atomic E-state index is 0.102. The van der Waals surface area contributed by atoms with E-state index in [4.69, 9.17) is 15.2 Å². The average molecular weight is 277 g/mol. The molecule has 0 aliphatic rings. The van der Waals surface area contributed by atoms with Crippen LogP contribution in [-0.4, -0.2) is 16.6 Å². The van der Waals surface area contributed by atoms with Crippen LogP contribution < -0.4 is 10.5 Å². The molecule has 5 nitrogen and oxygen atoms in total. The molecule has 0 fully saturated rings. The Morgan fingerprint density at radius 3 is 2.85 bits per heavy atom. The van der Waals surface area contributed by atoms with E-state index in [1.807, 2.05) is 6.92 Å². The monoisotopic (exact) mass is 277 g/mol. The number of anilines is 1. The predicted molar refractivity (Wildman–Crippen MR) is 73.0 cm³/mol. The van der Waals surface area contributed by atoms with Gasteiger partial charge in [-0.15, -0.1) is 0 Å². The lowest BCUT2D eigenvalue weighted by atomic mass is 10.2. The molecule has 1 aromatic heterocycles. The summed E-state index contributed by atoms with van der Waals surface area (Å²) < 4.78 is 24.5. The molecule has 6 heteroatoms. The van der Waals surface area contributed by atoms with Crippen molar-refractivity contribution in [1.82, 2.24) is 9.97 Å². The van der Waals surface area contributed by atoms with Crippen molar-refractivity contribution < 1.29 is 13.9 Å². The number of nitrogen functional groups attached to an aromatic ring is 1. The number of aryl methyl sites for hydroxylation is 1. The van der Waals surface area contributed by atoms with Gasteiger partial charge in [-0.25, -0.2) is 9.37 Å². The molecule has 0 saturated heterocycles. The van der Waals surface area contributed by atoms with Crippen LogP contribution in [0.3, 0.4) is 0 Å². The molecular weight excluding hydrogens is 261 g/mol. The van der Waals surface area contributed by atoms with Gasteiger partial charge in [0, 0.05) is 12.7 Å². The van der Waals surface area contributed by atoms with Gasteiger partial charge in [0.05, 0.1) is 0 Å². The summed E-state index contributed by atoms with van der Waals surface area (Å²) in [6.07, 6.45) is 0. The molecular formula is C14H16FN3O2. The van der Waals surface area contributed by atoms with E-state index >= 15 is 0 Å². The van der Waals surface area contributed by atoms with Crippen LogP contribution in [-0.2, 0) is 11.3 Å². The summed E-state index contributed by atoms with van der Waals surface area (Å²) in [6.45, 7) is 4.30. The Morgan fingerprint density at radius 1 is 1.30 bits per heavy atom. The second kappa shape index (κ2) is 6.29. The van der Waals surface area contributed by atoms with E-state index in [1.54, 1.807) is 19.1 Å². The van der Waals surface area contributed by atoms with Gasteiger partial charge in [-0.05, 0) is 25.5 Å². The van der Waals surface area contributed by atoms with Crippen molar-refractivity contribution in [2.75, 3.05) is 12.3 Å². The van der Waals surface area contributed by atoms with E-state index in [-0.39, 0.29) is 24.1 Å². The van der Waals surface area contributed by atoms with Crippen molar-refractivity contribution in [2.45, 2.75) is 20.5 Å². The van der Waals surface area contributed by atoms with Gasteiger partial charge in [0.15, 0.2) is 17.4 Å². The van der Waals surface area contributed by atoms with E-state index < -0.39 is 5.82 Å². The zero-order chi connectivity index (χ0) is 14.5. The largest absolute Gasteiger partial charge is 0.436 e. The summed E-state index contributed by atoms with van der Waals surface area (Å²) in [5.74, 6) is 0.519. The Kier molecular flexibility index (Phi) is 4.47. The van der Waals surface area contributed by atoms with Crippen molar-refractivity contribution >= 4 is 5.82 Å². The number of halogens is 1. The Hall–Kier alpha value is -2.21. The standard InChI is InChI=1S/C14H16FN3O2/c1-3-19-8-12-17-11(16)7-13(18-12)20-10-6-4-5-9(2)14(10)15/h4-7H,3,8H2,1-2H3,(H2,16,17,18). The fourth-order valence-corrected chi connectivity index (χ4v) is 1.61. The second-order valence-corrected chi connectivity index (χ2v) is 4.17. The molecule has 0 bridgehead atoms. The molecule has 0 aliphatic heterocycles. The van der Waals surface area contributed by atoms with Crippen molar-refractivity contribution in [1.29, 1.82) is 0 Å². The van der Waals surface area contributed by atoms with Crippen molar-refractivity contribution in [3.63, 3.8) is 0 Å². The molecule has 0 atom stereocenters. The molecule has 0 aliphatic carbocycles. The molecule has 0 saturated carbocycles. The van der Waals surface area contributed by atoms with Crippen LogP contribution in [0.1, 0.15) is 18.3 Å². The SMILES string of the molecule is CCOCc1nc(N)cc(Oc2cccc(C)c2F)n1. The third-order valence-corrected chi connectivity index (χ3v) is 2.57. The minimum atomic E-state index is -0.420. The highest BCUT2D eigenvalue weighted by atomic mass is 19.1. The molecule has 2 N–H and O–H groups in total. The number of hydrogen-bond donors (Lipinski definition) is 1. The molecule has 20 heavy (non-hydrogen) atoms. The van der Waals surface area contributed by atoms with Crippen LogP contribution in [0.2, 0.25) is 0 Å². The second-order valence-electron chi connectivity index (χ2n) is 4.17. The van der Waals surface area contributed by atoms with Crippen LogP contribution in [0.5, 0.6) is 11.6 Å². The molecule has 2 rings (SSSR count). The van der Waals surface area contributed by atoms with Gasteiger partial charge in [0.25, 0.3) is 0 Å². The number of hydrogen-bond acceptors (Lipinski definition) is 5. The highest BCUT2D eigenvalue weighted by Gasteiger charge is 2.10. The topological polar surface area (TPSA) is 70.3 Å². The van der Waals surface area contributed by atoms with E-state index in [0.717, 1.165) is 0 Å². The fraction of sp³-hybridized carbons (Fsp3) is 0.286. The number of rotatable bonds is 5. The molecule has 1 aromatic carbocycles. The van der Waals surface area contributed by atoms with Crippen LogP contribution in [0.25, 0.3) is 0 Å². The van der Waals surface area contributed by atoms with Gasteiger partial charge in [0.2, 0.25) is 5.88 Å². The summed E-state index contributed by atoms with van der Waals surface area (Å²) in [5.41, 5.74) is 6.17. The molecule has 106 valence electrons. The van der Waals surface area contributed by atoms with Gasteiger partial charge >= 0.3 is 0 Å². The zero-order valence-corrected chi connectivity index (χ0v) is 11.4. The lowest BCUT2D eigenvalue weighted by Crippen LogP contribution is -2.04. The highest BCUT2D eigenvalue weighted by molar-refractivity contribution is 5.37. The molecule has 1 heterocycles. The van der Waals surface area contributed by atoms with Crippen molar-refractivity contribution in [3.05, 3.63) is 41.5 Å². The molecule has 0 radical (unpaired) electrons. The number of aromatic nitrogens is 2. The number of nitrogens with zero attached hydrogens (tertiary/aromatic N) is 2. The van der Waals surface area contributed by atoms with E-state index in [2.05, 4.69) is 9.97 Å². The Balaban J connectivity index is 2.24.